The summed E-state index contributed by atoms with van der Waals surface area (Å²) in [6.07, 6.45) is 0.573. The van der Waals surface area contributed by atoms with Gasteiger partial charge in [-0.15, -0.1) is 0 Å². The third-order valence-electron chi connectivity index (χ3n) is 4.97. The molecule has 4 atom stereocenters. The van der Waals surface area contributed by atoms with Crippen molar-refractivity contribution in [2.24, 2.45) is 5.92 Å². The van der Waals surface area contributed by atoms with Gasteiger partial charge in [-0.2, -0.15) is 0 Å². The first-order valence-corrected chi connectivity index (χ1v) is 10.2. The monoisotopic (exact) mass is 434 g/mol. The van der Waals surface area contributed by atoms with Gasteiger partial charge >= 0.3 is 18.1 Å². The van der Waals surface area contributed by atoms with Crippen LogP contribution >= 0.6 is 0 Å². The van der Waals surface area contributed by atoms with Crippen molar-refractivity contribution in [2.45, 2.75) is 38.1 Å². The first-order chi connectivity index (χ1) is 15.0. The highest BCUT2D eigenvalue weighted by molar-refractivity contribution is 5.89. The summed E-state index contributed by atoms with van der Waals surface area (Å²) in [5.74, 6) is -0.475. The van der Waals surface area contributed by atoms with Crippen LogP contribution in [-0.4, -0.2) is 62.8 Å². The molecule has 31 heavy (non-hydrogen) atoms. The Morgan fingerprint density at radius 2 is 1.71 bits per heavy atom. The van der Waals surface area contributed by atoms with Crippen molar-refractivity contribution >= 4 is 18.1 Å². The SMILES string of the molecule is C=CC(=O)OCCCCOC(=O)Oc1ccc(C(=O)O[C@H]2COC3C2OC[C@@H]3C)cc1. The van der Waals surface area contributed by atoms with Crippen LogP contribution in [-0.2, 0) is 28.5 Å². The van der Waals surface area contributed by atoms with Gasteiger partial charge in [-0.05, 0) is 37.1 Å². The summed E-state index contributed by atoms with van der Waals surface area (Å²) in [4.78, 5) is 35.0. The zero-order valence-electron chi connectivity index (χ0n) is 17.3. The molecular formula is C22H26O9. The molecule has 0 spiro atoms. The van der Waals surface area contributed by atoms with E-state index in [1.54, 1.807) is 0 Å². The van der Waals surface area contributed by atoms with E-state index in [2.05, 4.69) is 6.58 Å². The average Bonchev–Trinajstić information content (AvgIpc) is 3.34. The molecule has 3 rings (SSSR count). The van der Waals surface area contributed by atoms with Crippen molar-refractivity contribution in [3.63, 3.8) is 0 Å². The molecule has 0 amide bonds. The third kappa shape index (κ3) is 6.28. The van der Waals surface area contributed by atoms with E-state index in [0.29, 0.717) is 31.6 Å². The number of benzene rings is 1. The second kappa shape index (κ2) is 10.9. The van der Waals surface area contributed by atoms with Gasteiger partial charge in [0.2, 0.25) is 0 Å². The lowest BCUT2D eigenvalue weighted by atomic mass is 10.0. The molecule has 2 saturated heterocycles. The summed E-state index contributed by atoms with van der Waals surface area (Å²) >= 11 is 0. The van der Waals surface area contributed by atoms with Crippen molar-refractivity contribution in [3.8, 4) is 5.75 Å². The van der Waals surface area contributed by atoms with Crippen molar-refractivity contribution in [3.05, 3.63) is 42.5 Å². The van der Waals surface area contributed by atoms with Crippen LogP contribution in [0.15, 0.2) is 36.9 Å². The van der Waals surface area contributed by atoms with E-state index in [-0.39, 0.29) is 37.1 Å². The molecule has 0 saturated carbocycles. The van der Waals surface area contributed by atoms with E-state index in [1.807, 2.05) is 6.92 Å². The molecule has 1 aromatic rings. The Kier molecular flexibility index (Phi) is 8.02. The number of ether oxygens (including phenoxy) is 6. The van der Waals surface area contributed by atoms with Gasteiger partial charge in [0.1, 0.15) is 11.9 Å². The second-order valence-electron chi connectivity index (χ2n) is 7.32. The number of hydrogen-bond donors (Lipinski definition) is 0. The summed E-state index contributed by atoms with van der Waals surface area (Å²) in [5, 5.41) is 0. The van der Waals surface area contributed by atoms with Crippen molar-refractivity contribution in [2.75, 3.05) is 26.4 Å². The fourth-order valence-electron chi connectivity index (χ4n) is 3.34. The molecule has 0 aliphatic carbocycles. The number of unbranched alkanes of at least 4 members (excludes halogenated alkanes) is 1. The maximum Gasteiger partial charge on any atom is 0.513 e. The van der Waals surface area contributed by atoms with Gasteiger partial charge < -0.3 is 28.4 Å². The Labute approximate surface area is 180 Å². The predicted molar refractivity (Wildman–Crippen MR) is 107 cm³/mol. The van der Waals surface area contributed by atoms with Crippen LogP contribution in [0.4, 0.5) is 4.79 Å². The number of esters is 2. The first kappa shape index (κ1) is 22.8. The minimum absolute atomic E-state index is 0.0400. The normalized spacial score (nSPS) is 24.2. The van der Waals surface area contributed by atoms with E-state index < -0.39 is 24.2 Å². The highest BCUT2D eigenvalue weighted by Gasteiger charge is 2.47. The average molecular weight is 434 g/mol. The van der Waals surface area contributed by atoms with Gasteiger partial charge in [-0.25, -0.2) is 14.4 Å². The fourth-order valence-corrected chi connectivity index (χ4v) is 3.34. The van der Waals surface area contributed by atoms with Gasteiger partial charge in [0.05, 0.1) is 38.1 Å². The van der Waals surface area contributed by atoms with Crippen LogP contribution in [0, 0.1) is 5.92 Å². The first-order valence-electron chi connectivity index (χ1n) is 10.2. The predicted octanol–water partition coefficient (Wildman–Crippen LogP) is 2.67. The Bertz CT molecular complexity index is 789. The molecule has 168 valence electrons. The van der Waals surface area contributed by atoms with E-state index in [0.717, 1.165) is 6.08 Å². The number of carbonyl (C=O) groups excluding carboxylic acids is 3. The van der Waals surface area contributed by atoms with Crippen molar-refractivity contribution < 1.29 is 42.8 Å². The number of fused-ring (bicyclic) bond motifs is 1. The standard InChI is InChI=1S/C22H26O9/c1-3-18(23)26-10-4-5-11-27-22(25)30-16-8-6-15(7-9-16)21(24)31-17-13-29-19-14(2)12-28-20(17)19/h3,6-9,14,17,19-20H,1,4-5,10-13H2,2H3/t14-,17-,19?,20?/m0/s1. The largest absolute Gasteiger partial charge is 0.513 e. The maximum absolute atomic E-state index is 12.4. The topological polar surface area (TPSA) is 107 Å². The third-order valence-corrected chi connectivity index (χ3v) is 4.97. The molecule has 0 bridgehead atoms. The lowest BCUT2D eigenvalue weighted by Crippen LogP contribution is -2.32. The number of hydrogen-bond acceptors (Lipinski definition) is 9. The molecule has 2 unspecified atom stereocenters. The van der Waals surface area contributed by atoms with Gasteiger partial charge in [0.25, 0.3) is 0 Å². The Balaban J connectivity index is 1.36. The fraction of sp³-hybridized carbons (Fsp3) is 0.500. The summed E-state index contributed by atoms with van der Waals surface area (Å²) in [5.41, 5.74) is 0.323. The summed E-state index contributed by atoms with van der Waals surface area (Å²) < 4.78 is 31.7. The summed E-state index contributed by atoms with van der Waals surface area (Å²) in [7, 11) is 0. The van der Waals surface area contributed by atoms with Crippen molar-refractivity contribution in [1.82, 2.24) is 0 Å². The number of carbonyl (C=O) groups is 3. The highest BCUT2D eigenvalue weighted by Crippen LogP contribution is 2.32. The van der Waals surface area contributed by atoms with Crippen LogP contribution < -0.4 is 4.74 Å². The summed E-state index contributed by atoms with van der Waals surface area (Å²) in [6, 6.07) is 5.97. The van der Waals surface area contributed by atoms with E-state index >= 15 is 0 Å². The minimum Gasteiger partial charge on any atom is -0.463 e. The molecule has 2 aliphatic rings. The van der Waals surface area contributed by atoms with Crippen molar-refractivity contribution in [1.29, 1.82) is 0 Å². The zero-order valence-corrected chi connectivity index (χ0v) is 17.3. The van der Waals surface area contributed by atoms with Gasteiger partial charge in [0, 0.05) is 12.0 Å². The molecule has 0 aromatic heterocycles. The van der Waals surface area contributed by atoms with Crippen LogP contribution in [0.3, 0.4) is 0 Å². The van der Waals surface area contributed by atoms with E-state index in [9.17, 15) is 14.4 Å². The lowest BCUT2D eigenvalue weighted by Gasteiger charge is -2.16. The molecule has 2 heterocycles. The van der Waals surface area contributed by atoms with Gasteiger partial charge in [0.15, 0.2) is 6.10 Å². The Hall–Kier alpha value is -2.91. The maximum atomic E-state index is 12.4. The zero-order chi connectivity index (χ0) is 22.2. The minimum atomic E-state index is -0.861. The van der Waals surface area contributed by atoms with Gasteiger partial charge in [-0.3, -0.25) is 0 Å². The van der Waals surface area contributed by atoms with Crippen LogP contribution in [0.25, 0.3) is 0 Å². The molecule has 9 nitrogen and oxygen atoms in total. The number of rotatable bonds is 9. The van der Waals surface area contributed by atoms with Crippen LogP contribution in [0.1, 0.15) is 30.1 Å². The molecule has 2 aliphatic heterocycles. The van der Waals surface area contributed by atoms with Gasteiger partial charge in [-0.1, -0.05) is 13.5 Å². The molecule has 9 heteroatoms. The Morgan fingerprint density at radius 3 is 2.42 bits per heavy atom. The smallest absolute Gasteiger partial charge is 0.463 e. The molecule has 0 radical (unpaired) electrons. The van der Waals surface area contributed by atoms with E-state index in [4.69, 9.17) is 28.4 Å². The lowest BCUT2D eigenvalue weighted by molar-refractivity contribution is -0.137. The quantitative estimate of drug-likeness (QED) is 0.191. The van der Waals surface area contributed by atoms with Crippen LogP contribution in [0.5, 0.6) is 5.75 Å². The molecule has 0 N–H and O–H groups in total. The molecular weight excluding hydrogens is 408 g/mol. The second-order valence-corrected chi connectivity index (χ2v) is 7.32. The van der Waals surface area contributed by atoms with E-state index in [1.165, 1.54) is 24.3 Å². The van der Waals surface area contributed by atoms with Crippen LogP contribution in [0.2, 0.25) is 0 Å². The highest BCUT2D eigenvalue weighted by atomic mass is 16.7. The summed E-state index contributed by atoms with van der Waals surface area (Å²) in [6.45, 7) is 6.59. The molecule has 2 fully saturated rings. The molecule has 1 aromatic carbocycles. The Morgan fingerprint density at radius 1 is 1.03 bits per heavy atom.